The van der Waals surface area contributed by atoms with Crippen molar-refractivity contribution in [3.05, 3.63) is 64.2 Å². The van der Waals surface area contributed by atoms with Gasteiger partial charge in [0.25, 0.3) is 5.56 Å². The van der Waals surface area contributed by atoms with Gasteiger partial charge in [-0.25, -0.2) is 4.68 Å². The van der Waals surface area contributed by atoms with Crippen molar-refractivity contribution in [2.45, 2.75) is 31.5 Å². The normalized spacial score (nSPS) is 19.8. The summed E-state index contributed by atoms with van der Waals surface area (Å²) in [6.07, 6.45) is 2.05. The molecular weight excluding hydrogens is 514 g/mol. The van der Waals surface area contributed by atoms with Gasteiger partial charge in [-0.2, -0.15) is 0 Å². The van der Waals surface area contributed by atoms with Gasteiger partial charge >= 0.3 is 0 Å². The summed E-state index contributed by atoms with van der Waals surface area (Å²) in [5, 5.41) is 13.7. The minimum absolute atomic E-state index is 0.0597. The van der Waals surface area contributed by atoms with Gasteiger partial charge in [-0.1, -0.05) is 0 Å². The Bertz CT molecular complexity index is 1560. The molecule has 12 heteroatoms. The van der Waals surface area contributed by atoms with Crippen LogP contribution >= 0.6 is 0 Å². The second kappa shape index (κ2) is 10.4. The van der Waals surface area contributed by atoms with Crippen LogP contribution in [0.3, 0.4) is 0 Å². The fourth-order valence-electron chi connectivity index (χ4n) is 5.87. The Morgan fingerprint density at radius 3 is 2.62 bits per heavy atom. The van der Waals surface area contributed by atoms with Crippen LogP contribution in [0.5, 0.6) is 17.2 Å². The smallest absolute Gasteiger partial charge is 0.253 e. The van der Waals surface area contributed by atoms with Gasteiger partial charge in [0, 0.05) is 55.5 Å². The standard InChI is InChI=1S/C28H31N7O5/c1-37-20-6-4-19(5-7-20)33-8-10-34(11-9-33)26(27-30-31-32-35(27)16-21-3-2-12-38-21)22-13-18-14-24-25(40-17-39-24)15-23(18)29-28(22)36/h4-7,13-15,21,26H,2-3,8-12,16-17H2,1H3,(H,29,36)/t21-,26+/m1/s1. The van der Waals surface area contributed by atoms with E-state index in [1.54, 1.807) is 11.8 Å². The summed E-state index contributed by atoms with van der Waals surface area (Å²) >= 11 is 0. The number of piperazine rings is 1. The molecule has 40 heavy (non-hydrogen) atoms. The lowest BCUT2D eigenvalue weighted by atomic mass is 10.0. The van der Waals surface area contributed by atoms with Crippen LogP contribution in [0.4, 0.5) is 5.69 Å². The third-order valence-electron chi connectivity index (χ3n) is 7.98. The first kappa shape index (κ1) is 24.9. The van der Waals surface area contributed by atoms with Gasteiger partial charge in [0.05, 0.1) is 25.3 Å². The fourth-order valence-corrected chi connectivity index (χ4v) is 5.87. The maximum Gasteiger partial charge on any atom is 0.253 e. The summed E-state index contributed by atoms with van der Waals surface area (Å²) in [7, 11) is 1.67. The first-order chi connectivity index (χ1) is 19.7. The number of rotatable bonds is 7. The Hall–Kier alpha value is -4.16. The van der Waals surface area contributed by atoms with Crippen molar-refractivity contribution < 1.29 is 18.9 Å². The quantitative estimate of drug-likeness (QED) is 0.371. The van der Waals surface area contributed by atoms with E-state index >= 15 is 0 Å². The van der Waals surface area contributed by atoms with Crippen LogP contribution in [0, 0.1) is 0 Å². The van der Waals surface area contributed by atoms with Gasteiger partial charge in [0.1, 0.15) is 11.8 Å². The number of methoxy groups -OCH3 is 1. The Morgan fingerprint density at radius 1 is 1.07 bits per heavy atom. The van der Waals surface area contributed by atoms with E-state index in [0.717, 1.165) is 62.5 Å². The zero-order valence-corrected chi connectivity index (χ0v) is 22.3. The number of aromatic nitrogens is 5. The van der Waals surface area contributed by atoms with E-state index in [1.165, 1.54) is 0 Å². The molecule has 0 spiro atoms. The molecule has 2 aromatic heterocycles. The highest BCUT2D eigenvalue weighted by Gasteiger charge is 2.34. The van der Waals surface area contributed by atoms with Crippen molar-refractivity contribution in [3.8, 4) is 17.2 Å². The molecule has 0 unspecified atom stereocenters. The van der Waals surface area contributed by atoms with Crippen LogP contribution in [0.25, 0.3) is 10.9 Å². The van der Waals surface area contributed by atoms with E-state index in [0.29, 0.717) is 34.9 Å². The van der Waals surface area contributed by atoms with Crippen molar-refractivity contribution in [1.82, 2.24) is 30.1 Å². The van der Waals surface area contributed by atoms with Gasteiger partial charge in [-0.15, -0.1) is 5.10 Å². The Kier molecular flexibility index (Phi) is 6.48. The molecule has 4 aromatic rings. The van der Waals surface area contributed by atoms with Gasteiger partial charge in [0.2, 0.25) is 6.79 Å². The van der Waals surface area contributed by atoms with Gasteiger partial charge in [-0.3, -0.25) is 9.69 Å². The van der Waals surface area contributed by atoms with Crippen LogP contribution in [0.15, 0.2) is 47.3 Å². The van der Waals surface area contributed by atoms with Gasteiger partial charge < -0.3 is 28.8 Å². The first-order valence-corrected chi connectivity index (χ1v) is 13.6. The molecule has 0 aliphatic carbocycles. The SMILES string of the molecule is COc1ccc(N2CCN([C@@H](c3cc4cc5c(cc4[nH]c3=O)OCO5)c3nnnn3C[C@H]3CCCO3)CC2)cc1. The van der Waals surface area contributed by atoms with Crippen LogP contribution in [0.1, 0.15) is 30.3 Å². The highest BCUT2D eigenvalue weighted by Crippen LogP contribution is 2.36. The van der Waals surface area contributed by atoms with E-state index < -0.39 is 6.04 Å². The van der Waals surface area contributed by atoms with E-state index in [9.17, 15) is 4.79 Å². The third kappa shape index (κ3) is 4.62. The third-order valence-corrected chi connectivity index (χ3v) is 7.98. The molecule has 7 rings (SSSR count). The number of ether oxygens (including phenoxy) is 4. The average molecular weight is 546 g/mol. The summed E-state index contributed by atoms with van der Waals surface area (Å²) < 4.78 is 24.1. The first-order valence-electron chi connectivity index (χ1n) is 13.6. The number of hydrogen-bond donors (Lipinski definition) is 1. The minimum Gasteiger partial charge on any atom is -0.497 e. The van der Waals surface area contributed by atoms with E-state index in [1.807, 2.05) is 30.3 Å². The zero-order valence-electron chi connectivity index (χ0n) is 22.3. The predicted octanol–water partition coefficient (Wildman–Crippen LogP) is 2.34. The monoisotopic (exact) mass is 545 g/mol. The maximum absolute atomic E-state index is 13.6. The molecule has 3 aliphatic rings. The molecular formula is C28H31N7O5. The molecule has 1 N–H and O–H groups in total. The van der Waals surface area contributed by atoms with Crippen LogP contribution in [-0.2, 0) is 11.3 Å². The predicted molar refractivity (Wildman–Crippen MR) is 146 cm³/mol. The van der Waals surface area contributed by atoms with E-state index in [2.05, 4.69) is 42.4 Å². The summed E-state index contributed by atoms with van der Waals surface area (Å²) in [6, 6.07) is 13.3. The largest absolute Gasteiger partial charge is 0.497 e. The minimum atomic E-state index is -0.437. The number of H-pyrrole nitrogens is 1. The van der Waals surface area contributed by atoms with Crippen LogP contribution in [-0.4, -0.2) is 82.9 Å². The molecule has 5 heterocycles. The Labute approximate surface area is 230 Å². The fraction of sp³-hybridized carbons (Fsp3) is 0.429. The van der Waals surface area contributed by atoms with Crippen molar-refractivity contribution in [2.24, 2.45) is 0 Å². The Morgan fingerprint density at radius 2 is 1.88 bits per heavy atom. The lowest BCUT2D eigenvalue weighted by molar-refractivity contribution is 0.0906. The summed E-state index contributed by atoms with van der Waals surface area (Å²) in [5.41, 5.74) is 2.24. The van der Waals surface area contributed by atoms with E-state index in [-0.39, 0.29) is 18.5 Å². The van der Waals surface area contributed by atoms with Crippen LogP contribution in [0.2, 0.25) is 0 Å². The van der Waals surface area contributed by atoms with Crippen molar-refractivity contribution in [1.29, 1.82) is 0 Å². The lowest BCUT2D eigenvalue weighted by Crippen LogP contribution is -2.49. The van der Waals surface area contributed by atoms with Crippen molar-refractivity contribution in [3.63, 3.8) is 0 Å². The van der Waals surface area contributed by atoms with Gasteiger partial charge in [-0.05, 0) is 59.7 Å². The summed E-state index contributed by atoms with van der Waals surface area (Å²) in [6.45, 7) is 4.50. The highest BCUT2D eigenvalue weighted by molar-refractivity contribution is 5.83. The number of pyridine rings is 1. The topological polar surface area (TPSA) is 120 Å². The Balaban J connectivity index is 1.24. The van der Waals surface area contributed by atoms with Crippen molar-refractivity contribution in [2.75, 3.05) is 51.6 Å². The molecule has 0 amide bonds. The number of nitrogens with one attached hydrogen (secondary N) is 1. The molecule has 2 fully saturated rings. The van der Waals surface area contributed by atoms with Crippen LogP contribution < -0.4 is 24.7 Å². The summed E-state index contributed by atoms with van der Waals surface area (Å²) in [5.74, 6) is 2.76. The second-order valence-electron chi connectivity index (χ2n) is 10.3. The molecule has 2 saturated heterocycles. The molecule has 2 atom stereocenters. The highest BCUT2D eigenvalue weighted by atomic mass is 16.7. The molecule has 208 valence electrons. The molecule has 2 aromatic carbocycles. The molecule has 0 radical (unpaired) electrons. The number of benzene rings is 2. The summed E-state index contributed by atoms with van der Waals surface area (Å²) in [4.78, 5) is 21.3. The number of tetrazole rings is 1. The lowest BCUT2D eigenvalue weighted by Gasteiger charge is -2.39. The molecule has 0 saturated carbocycles. The molecule has 0 bridgehead atoms. The number of nitrogens with zero attached hydrogens (tertiary/aromatic N) is 6. The van der Waals surface area contributed by atoms with E-state index in [4.69, 9.17) is 18.9 Å². The molecule has 12 nitrogen and oxygen atoms in total. The second-order valence-corrected chi connectivity index (χ2v) is 10.3. The van der Waals surface area contributed by atoms with Gasteiger partial charge in [0.15, 0.2) is 17.3 Å². The number of hydrogen-bond acceptors (Lipinski definition) is 10. The molecule has 3 aliphatic heterocycles. The number of aromatic amines is 1. The number of anilines is 1. The maximum atomic E-state index is 13.6. The van der Waals surface area contributed by atoms with Crippen molar-refractivity contribution >= 4 is 16.6 Å². The average Bonchev–Trinajstić information content (AvgIpc) is 3.76. The zero-order chi connectivity index (χ0) is 27.1. The number of fused-ring (bicyclic) bond motifs is 2.